The highest BCUT2D eigenvalue weighted by Crippen LogP contribution is 2.24. The molecule has 1 aliphatic heterocycles. The first kappa shape index (κ1) is 9.45. The van der Waals surface area contributed by atoms with E-state index in [1.165, 1.54) is 0 Å². The second-order valence-corrected chi connectivity index (χ2v) is 3.05. The zero-order valence-corrected chi connectivity index (χ0v) is 6.83. The zero-order valence-electron chi connectivity index (χ0n) is 6.83. The van der Waals surface area contributed by atoms with E-state index in [2.05, 4.69) is 0 Å². The molecule has 2 atom stereocenters. The van der Waals surface area contributed by atoms with Crippen molar-refractivity contribution in [2.24, 2.45) is 11.8 Å². The van der Waals surface area contributed by atoms with Crippen LogP contribution in [0, 0.1) is 11.8 Å². The lowest BCUT2D eigenvalue weighted by Crippen LogP contribution is -2.33. The highest BCUT2D eigenvalue weighted by atomic mass is 19.1. The fraction of sp³-hybridized carbons (Fsp3) is 0.875. The van der Waals surface area contributed by atoms with Crippen LogP contribution in [0.25, 0.3) is 0 Å². The molecule has 1 rings (SSSR count). The van der Waals surface area contributed by atoms with Gasteiger partial charge in [0.05, 0.1) is 19.2 Å². The number of hydrogen-bond donors (Lipinski definition) is 1. The third-order valence-corrected chi connectivity index (χ3v) is 2.27. The van der Waals surface area contributed by atoms with Crippen LogP contribution in [0.3, 0.4) is 0 Å². The molecular formula is C8H13FO3. The Morgan fingerprint density at radius 1 is 1.67 bits per heavy atom. The summed E-state index contributed by atoms with van der Waals surface area (Å²) in [5.41, 5.74) is 0. The van der Waals surface area contributed by atoms with Gasteiger partial charge < -0.3 is 9.84 Å². The summed E-state index contributed by atoms with van der Waals surface area (Å²) in [6.45, 7) is 0.415. The van der Waals surface area contributed by atoms with Crippen molar-refractivity contribution in [3.05, 3.63) is 0 Å². The summed E-state index contributed by atoms with van der Waals surface area (Å²) >= 11 is 0. The van der Waals surface area contributed by atoms with Gasteiger partial charge in [-0.3, -0.25) is 9.18 Å². The number of carboxylic acids is 1. The number of carboxylic acid groups (broad SMARTS) is 1. The molecule has 4 heteroatoms. The van der Waals surface area contributed by atoms with Gasteiger partial charge in [0, 0.05) is 6.61 Å². The van der Waals surface area contributed by atoms with E-state index in [9.17, 15) is 9.18 Å². The Balaban J connectivity index is 2.48. The van der Waals surface area contributed by atoms with Gasteiger partial charge in [-0.05, 0) is 18.8 Å². The van der Waals surface area contributed by atoms with Gasteiger partial charge in [-0.25, -0.2) is 0 Å². The van der Waals surface area contributed by atoms with Crippen LogP contribution >= 0.6 is 0 Å². The Labute approximate surface area is 70.5 Å². The van der Waals surface area contributed by atoms with Crippen molar-refractivity contribution in [2.75, 3.05) is 19.9 Å². The molecule has 0 aromatic carbocycles. The number of alkyl halides is 1. The third-order valence-electron chi connectivity index (χ3n) is 2.27. The summed E-state index contributed by atoms with van der Waals surface area (Å²) < 4.78 is 17.1. The average molecular weight is 176 g/mol. The SMILES string of the molecule is O=C(O)C1CCOCC1CCF. The molecule has 0 amide bonds. The quantitative estimate of drug-likeness (QED) is 0.700. The highest BCUT2D eigenvalue weighted by molar-refractivity contribution is 5.70. The minimum Gasteiger partial charge on any atom is -0.481 e. The lowest BCUT2D eigenvalue weighted by molar-refractivity contribution is -0.148. The molecule has 70 valence electrons. The number of halogens is 1. The third kappa shape index (κ3) is 2.17. The second kappa shape index (κ2) is 4.40. The summed E-state index contributed by atoms with van der Waals surface area (Å²) in [5, 5.41) is 8.76. The van der Waals surface area contributed by atoms with E-state index in [0.29, 0.717) is 26.1 Å². The highest BCUT2D eigenvalue weighted by Gasteiger charge is 2.30. The topological polar surface area (TPSA) is 46.5 Å². The van der Waals surface area contributed by atoms with Crippen molar-refractivity contribution in [1.29, 1.82) is 0 Å². The maximum absolute atomic E-state index is 12.0. The molecule has 0 aliphatic carbocycles. The summed E-state index contributed by atoms with van der Waals surface area (Å²) in [7, 11) is 0. The minimum atomic E-state index is -0.822. The van der Waals surface area contributed by atoms with Crippen LogP contribution in [0.15, 0.2) is 0 Å². The Morgan fingerprint density at radius 3 is 3.00 bits per heavy atom. The number of aliphatic carboxylic acids is 1. The normalized spacial score (nSPS) is 30.1. The van der Waals surface area contributed by atoms with Crippen molar-refractivity contribution < 1.29 is 19.0 Å². The predicted octanol–water partition coefficient (Wildman–Crippen LogP) is 1.08. The van der Waals surface area contributed by atoms with Gasteiger partial charge in [0.2, 0.25) is 0 Å². The molecule has 1 aliphatic rings. The standard InChI is InChI=1S/C8H13FO3/c9-3-1-6-5-12-4-2-7(6)8(10)11/h6-7H,1-5H2,(H,10,11). The molecule has 1 fully saturated rings. The minimum absolute atomic E-state index is 0.138. The first-order valence-corrected chi connectivity index (χ1v) is 4.12. The molecule has 0 saturated carbocycles. The Bertz CT molecular complexity index is 158. The molecule has 1 saturated heterocycles. The molecule has 0 aromatic rings. The van der Waals surface area contributed by atoms with E-state index < -0.39 is 18.6 Å². The van der Waals surface area contributed by atoms with Gasteiger partial charge in [-0.15, -0.1) is 0 Å². The fourth-order valence-electron chi connectivity index (χ4n) is 1.55. The predicted molar refractivity (Wildman–Crippen MR) is 40.6 cm³/mol. The van der Waals surface area contributed by atoms with Crippen molar-refractivity contribution in [3.8, 4) is 0 Å². The van der Waals surface area contributed by atoms with E-state index in [4.69, 9.17) is 9.84 Å². The van der Waals surface area contributed by atoms with Crippen molar-refractivity contribution >= 4 is 5.97 Å². The molecular weight excluding hydrogens is 163 g/mol. The molecule has 1 N–H and O–H groups in total. The van der Waals surface area contributed by atoms with E-state index in [0.717, 1.165) is 0 Å². The van der Waals surface area contributed by atoms with Crippen LogP contribution in [-0.4, -0.2) is 31.0 Å². The van der Waals surface area contributed by atoms with Crippen LogP contribution in [0.1, 0.15) is 12.8 Å². The number of ether oxygens (including phenoxy) is 1. The molecule has 0 bridgehead atoms. The van der Waals surface area contributed by atoms with Gasteiger partial charge in [-0.1, -0.05) is 0 Å². The molecule has 2 unspecified atom stereocenters. The second-order valence-electron chi connectivity index (χ2n) is 3.05. The monoisotopic (exact) mass is 176 g/mol. The fourth-order valence-corrected chi connectivity index (χ4v) is 1.55. The first-order chi connectivity index (χ1) is 5.75. The lowest BCUT2D eigenvalue weighted by atomic mass is 9.86. The smallest absolute Gasteiger partial charge is 0.306 e. The Kier molecular flexibility index (Phi) is 3.47. The van der Waals surface area contributed by atoms with E-state index in [1.54, 1.807) is 0 Å². The van der Waals surface area contributed by atoms with E-state index in [-0.39, 0.29) is 5.92 Å². The van der Waals surface area contributed by atoms with E-state index >= 15 is 0 Å². The number of rotatable bonds is 3. The Hall–Kier alpha value is -0.640. The summed E-state index contributed by atoms with van der Waals surface area (Å²) in [5.74, 6) is -1.37. The zero-order chi connectivity index (χ0) is 8.97. The summed E-state index contributed by atoms with van der Waals surface area (Å²) in [6.07, 6.45) is 0.816. The van der Waals surface area contributed by atoms with E-state index in [1.807, 2.05) is 0 Å². The molecule has 1 heterocycles. The molecule has 12 heavy (non-hydrogen) atoms. The lowest BCUT2D eigenvalue weighted by Gasteiger charge is -2.27. The molecule has 0 spiro atoms. The van der Waals surface area contributed by atoms with Gasteiger partial charge in [0.25, 0.3) is 0 Å². The van der Waals surface area contributed by atoms with Crippen LogP contribution in [0.4, 0.5) is 4.39 Å². The summed E-state index contributed by atoms with van der Waals surface area (Å²) in [4.78, 5) is 10.7. The van der Waals surface area contributed by atoms with Gasteiger partial charge in [0.1, 0.15) is 0 Å². The maximum Gasteiger partial charge on any atom is 0.306 e. The Morgan fingerprint density at radius 2 is 2.42 bits per heavy atom. The summed E-state index contributed by atoms with van der Waals surface area (Å²) in [6, 6.07) is 0. The largest absolute Gasteiger partial charge is 0.481 e. The van der Waals surface area contributed by atoms with Gasteiger partial charge >= 0.3 is 5.97 Å². The van der Waals surface area contributed by atoms with Crippen molar-refractivity contribution in [2.45, 2.75) is 12.8 Å². The number of hydrogen-bond acceptors (Lipinski definition) is 2. The van der Waals surface area contributed by atoms with Gasteiger partial charge in [-0.2, -0.15) is 0 Å². The molecule has 0 aromatic heterocycles. The molecule has 0 radical (unpaired) electrons. The van der Waals surface area contributed by atoms with Crippen LogP contribution in [0.2, 0.25) is 0 Å². The first-order valence-electron chi connectivity index (χ1n) is 4.12. The average Bonchev–Trinajstić information content (AvgIpc) is 2.05. The van der Waals surface area contributed by atoms with Crippen LogP contribution in [-0.2, 0) is 9.53 Å². The number of carbonyl (C=O) groups is 1. The van der Waals surface area contributed by atoms with Crippen LogP contribution in [0.5, 0.6) is 0 Å². The van der Waals surface area contributed by atoms with Crippen molar-refractivity contribution in [3.63, 3.8) is 0 Å². The maximum atomic E-state index is 12.0. The van der Waals surface area contributed by atoms with Crippen molar-refractivity contribution in [1.82, 2.24) is 0 Å². The molecule has 3 nitrogen and oxygen atoms in total. The van der Waals surface area contributed by atoms with Gasteiger partial charge in [0.15, 0.2) is 0 Å². The van der Waals surface area contributed by atoms with Crippen LogP contribution < -0.4 is 0 Å².